The molecule has 1 aromatic heterocycles. The molecule has 0 bridgehead atoms. The Morgan fingerprint density at radius 3 is 2.27 bits per heavy atom. The lowest BCUT2D eigenvalue weighted by Gasteiger charge is -2.25. The molecule has 0 saturated carbocycles. The number of hydrogen-bond acceptors (Lipinski definition) is 3. The van der Waals surface area contributed by atoms with Gasteiger partial charge in [-0.1, -0.05) is 38.1 Å². The molecule has 3 nitrogen and oxygen atoms in total. The van der Waals surface area contributed by atoms with Crippen LogP contribution in [0.2, 0.25) is 0 Å². The van der Waals surface area contributed by atoms with Crippen LogP contribution in [0.1, 0.15) is 32.3 Å². The third-order valence-corrected chi connectivity index (χ3v) is 4.79. The highest BCUT2D eigenvalue weighted by atomic mass is 16.5. The Morgan fingerprint density at radius 2 is 1.65 bits per heavy atom. The molecule has 3 rings (SSSR count). The van der Waals surface area contributed by atoms with Crippen LogP contribution in [-0.4, -0.2) is 25.2 Å². The molecule has 3 aromatic rings. The highest BCUT2D eigenvalue weighted by Crippen LogP contribution is 2.35. The number of nitrogens with zero attached hydrogens (tertiary/aromatic N) is 2. The second-order valence-corrected chi connectivity index (χ2v) is 6.71. The Hall–Kier alpha value is -2.55. The Bertz CT molecular complexity index is 883. The molecule has 0 spiro atoms. The Labute approximate surface area is 156 Å². The fourth-order valence-corrected chi connectivity index (χ4v) is 3.57. The first-order valence-electron chi connectivity index (χ1n) is 9.47. The molecule has 0 amide bonds. The number of aryl methyl sites for hydroxylation is 1. The number of anilines is 1. The highest BCUT2D eigenvalue weighted by molar-refractivity contribution is 6.02. The molecular weight excluding hydrogens is 320 g/mol. The van der Waals surface area contributed by atoms with Gasteiger partial charge in [0.1, 0.15) is 5.75 Å². The molecule has 136 valence electrons. The summed E-state index contributed by atoms with van der Waals surface area (Å²) in [5, 5.41) is 2.48. The SMILES string of the molecule is CCCN(CCC)c1cnc(-c2ccc(OC)cc2C)c2ccccc12. The molecular formula is C23H28N2O. The van der Waals surface area contributed by atoms with E-state index in [4.69, 9.17) is 9.72 Å². The smallest absolute Gasteiger partial charge is 0.119 e. The number of rotatable bonds is 7. The van der Waals surface area contributed by atoms with Crippen molar-refractivity contribution in [1.82, 2.24) is 4.98 Å². The first-order valence-corrected chi connectivity index (χ1v) is 9.47. The summed E-state index contributed by atoms with van der Waals surface area (Å²) in [6, 6.07) is 14.8. The van der Waals surface area contributed by atoms with E-state index in [1.165, 1.54) is 22.0 Å². The lowest BCUT2D eigenvalue weighted by Crippen LogP contribution is -2.25. The number of aromatic nitrogens is 1. The minimum absolute atomic E-state index is 0.879. The number of ether oxygens (including phenoxy) is 1. The zero-order valence-corrected chi connectivity index (χ0v) is 16.2. The van der Waals surface area contributed by atoms with Gasteiger partial charge in [-0.05, 0) is 43.5 Å². The number of benzene rings is 2. The summed E-state index contributed by atoms with van der Waals surface area (Å²) in [7, 11) is 1.70. The van der Waals surface area contributed by atoms with E-state index >= 15 is 0 Å². The minimum Gasteiger partial charge on any atom is -0.497 e. The number of fused-ring (bicyclic) bond motifs is 1. The summed E-state index contributed by atoms with van der Waals surface area (Å²) in [6.45, 7) is 8.68. The normalized spacial score (nSPS) is 10.9. The van der Waals surface area contributed by atoms with Crippen molar-refractivity contribution in [2.24, 2.45) is 0 Å². The summed E-state index contributed by atoms with van der Waals surface area (Å²) < 4.78 is 5.35. The van der Waals surface area contributed by atoms with Crippen molar-refractivity contribution < 1.29 is 4.74 Å². The molecule has 0 fully saturated rings. The van der Waals surface area contributed by atoms with Gasteiger partial charge in [0.05, 0.1) is 24.7 Å². The Morgan fingerprint density at radius 1 is 0.962 bits per heavy atom. The first kappa shape index (κ1) is 18.2. The van der Waals surface area contributed by atoms with Gasteiger partial charge in [-0.25, -0.2) is 0 Å². The van der Waals surface area contributed by atoms with Crippen molar-refractivity contribution >= 4 is 16.5 Å². The number of methoxy groups -OCH3 is 1. The van der Waals surface area contributed by atoms with Crippen LogP contribution >= 0.6 is 0 Å². The molecule has 0 aliphatic heterocycles. The quantitative estimate of drug-likeness (QED) is 0.536. The van der Waals surface area contributed by atoms with Gasteiger partial charge in [0.15, 0.2) is 0 Å². The lowest BCUT2D eigenvalue weighted by atomic mass is 9.99. The van der Waals surface area contributed by atoms with Crippen LogP contribution < -0.4 is 9.64 Å². The average Bonchev–Trinajstić information content (AvgIpc) is 2.67. The van der Waals surface area contributed by atoms with Crippen molar-refractivity contribution in [2.75, 3.05) is 25.1 Å². The van der Waals surface area contributed by atoms with Crippen LogP contribution in [0.5, 0.6) is 5.75 Å². The molecule has 0 atom stereocenters. The monoisotopic (exact) mass is 348 g/mol. The Balaban J connectivity index is 2.17. The summed E-state index contributed by atoms with van der Waals surface area (Å²) in [5.41, 5.74) is 4.61. The average molecular weight is 348 g/mol. The van der Waals surface area contributed by atoms with E-state index in [1.54, 1.807) is 7.11 Å². The van der Waals surface area contributed by atoms with Crippen molar-refractivity contribution in [3.8, 4) is 17.0 Å². The maximum atomic E-state index is 5.35. The maximum Gasteiger partial charge on any atom is 0.119 e. The van der Waals surface area contributed by atoms with E-state index in [9.17, 15) is 0 Å². The van der Waals surface area contributed by atoms with Gasteiger partial charge in [-0.15, -0.1) is 0 Å². The van der Waals surface area contributed by atoms with Gasteiger partial charge in [-0.2, -0.15) is 0 Å². The molecule has 0 saturated heterocycles. The molecule has 0 unspecified atom stereocenters. The molecule has 0 aliphatic carbocycles. The van der Waals surface area contributed by atoms with Crippen LogP contribution in [0.3, 0.4) is 0 Å². The summed E-state index contributed by atoms with van der Waals surface area (Å²) in [6.07, 6.45) is 4.31. The van der Waals surface area contributed by atoms with Crippen LogP contribution in [0.25, 0.3) is 22.0 Å². The molecule has 0 aliphatic rings. The predicted molar refractivity (Wildman–Crippen MR) is 111 cm³/mol. The first-order chi connectivity index (χ1) is 12.7. The molecule has 26 heavy (non-hydrogen) atoms. The van der Waals surface area contributed by atoms with Crippen LogP contribution in [0, 0.1) is 6.92 Å². The molecule has 3 heteroatoms. The second kappa shape index (κ2) is 8.22. The van der Waals surface area contributed by atoms with Gasteiger partial charge in [0.2, 0.25) is 0 Å². The molecule has 0 radical (unpaired) electrons. The second-order valence-electron chi connectivity index (χ2n) is 6.71. The zero-order valence-electron chi connectivity index (χ0n) is 16.2. The fourth-order valence-electron chi connectivity index (χ4n) is 3.57. The topological polar surface area (TPSA) is 25.4 Å². The largest absolute Gasteiger partial charge is 0.497 e. The van der Waals surface area contributed by atoms with Crippen molar-refractivity contribution in [3.63, 3.8) is 0 Å². The van der Waals surface area contributed by atoms with Gasteiger partial charge < -0.3 is 9.64 Å². The number of hydrogen-bond donors (Lipinski definition) is 0. The fraction of sp³-hybridized carbons (Fsp3) is 0.348. The molecule has 2 aromatic carbocycles. The highest BCUT2D eigenvalue weighted by Gasteiger charge is 2.15. The van der Waals surface area contributed by atoms with Gasteiger partial charge in [0.25, 0.3) is 0 Å². The lowest BCUT2D eigenvalue weighted by molar-refractivity contribution is 0.414. The zero-order chi connectivity index (χ0) is 18.5. The van der Waals surface area contributed by atoms with E-state index in [-0.39, 0.29) is 0 Å². The van der Waals surface area contributed by atoms with Gasteiger partial charge in [-0.3, -0.25) is 4.98 Å². The van der Waals surface area contributed by atoms with Crippen LogP contribution in [0.4, 0.5) is 5.69 Å². The summed E-state index contributed by atoms with van der Waals surface area (Å²) >= 11 is 0. The van der Waals surface area contributed by atoms with E-state index in [0.717, 1.165) is 42.9 Å². The van der Waals surface area contributed by atoms with Gasteiger partial charge >= 0.3 is 0 Å². The van der Waals surface area contributed by atoms with E-state index < -0.39 is 0 Å². The summed E-state index contributed by atoms with van der Waals surface area (Å²) in [5.74, 6) is 0.879. The van der Waals surface area contributed by atoms with E-state index in [2.05, 4.69) is 62.1 Å². The molecule has 1 heterocycles. The van der Waals surface area contributed by atoms with E-state index in [1.807, 2.05) is 12.3 Å². The predicted octanol–water partition coefficient (Wildman–Crippen LogP) is 5.85. The number of pyridine rings is 1. The van der Waals surface area contributed by atoms with Crippen molar-refractivity contribution in [1.29, 1.82) is 0 Å². The van der Waals surface area contributed by atoms with Crippen LogP contribution in [-0.2, 0) is 0 Å². The molecule has 0 N–H and O–H groups in total. The Kier molecular flexibility index (Phi) is 5.77. The standard InChI is InChI=1S/C23H28N2O/c1-5-13-25(14-6-2)22-16-24-23(21-10-8-7-9-20(21)22)19-12-11-18(26-4)15-17(19)3/h7-12,15-16H,5-6,13-14H2,1-4H3. The van der Waals surface area contributed by atoms with Crippen molar-refractivity contribution in [3.05, 3.63) is 54.2 Å². The minimum atomic E-state index is 0.879. The third-order valence-electron chi connectivity index (χ3n) is 4.79. The maximum absolute atomic E-state index is 5.35. The third kappa shape index (κ3) is 3.52. The van der Waals surface area contributed by atoms with Crippen molar-refractivity contribution in [2.45, 2.75) is 33.6 Å². The summed E-state index contributed by atoms with van der Waals surface area (Å²) in [4.78, 5) is 7.35. The van der Waals surface area contributed by atoms with Crippen LogP contribution in [0.15, 0.2) is 48.7 Å². The van der Waals surface area contributed by atoms with Gasteiger partial charge in [0, 0.05) is 29.4 Å². The van der Waals surface area contributed by atoms with E-state index in [0.29, 0.717) is 0 Å².